The summed E-state index contributed by atoms with van der Waals surface area (Å²) in [6, 6.07) is 15.9. The van der Waals surface area contributed by atoms with Crippen LogP contribution in [0.3, 0.4) is 0 Å². The third-order valence-electron chi connectivity index (χ3n) is 5.25. The molecule has 2 aromatic carbocycles. The topological polar surface area (TPSA) is 59.7 Å². The van der Waals surface area contributed by atoms with Crippen molar-refractivity contribution in [1.82, 2.24) is 19.6 Å². The lowest BCUT2D eigenvalue weighted by molar-refractivity contribution is 0.659. The third kappa shape index (κ3) is 5.74. The Morgan fingerprint density at radius 1 is 0.909 bits per heavy atom. The minimum atomic E-state index is 0.455. The molecule has 0 aliphatic heterocycles. The Morgan fingerprint density at radius 3 is 2.45 bits per heavy atom. The molecule has 6 nitrogen and oxygen atoms in total. The average molecular weight is 499 g/mol. The minimum Gasteiger partial charge on any atom is -0.329 e. The second-order valence-electron chi connectivity index (χ2n) is 7.92. The summed E-state index contributed by atoms with van der Waals surface area (Å²) in [4.78, 5) is 0. The molecule has 2 heterocycles. The van der Waals surface area contributed by atoms with Crippen molar-refractivity contribution < 1.29 is 0 Å². The second kappa shape index (κ2) is 9.95. The Kier molecular flexibility index (Phi) is 7.02. The molecule has 0 radical (unpaired) electrons. The Balaban J connectivity index is 1.40. The van der Waals surface area contributed by atoms with E-state index in [1.54, 1.807) is 6.07 Å². The molecule has 0 bridgehead atoms. The lowest BCUT2D eigenvalue weighted by Gasteiger charge is -2.10. The van der Waals surface area contributed by atoms with Gasteiger partial charge in [0.1, 0.15) is 0 Å². The van der Waals surface area contributed by atoms with Gasteiger partial charge in [-0.25, -0.2) is 0 Å². The van der Waals surface area contributed by atoms with Gasteiger partial charge in [0.05, 0.1) is 40.2 Å². The van der Waals surface area contributed by atoms with Crippen LogP contribution in [-0.2, 0) is 13.1 Å². The molecule has 0 spiro atoms. The fourth-order valence-corrected chi connectivity index (χ4v) is 4.15. The molecule has 0 atom stereocenters. The highest BCUT2D eigenvalue weighted by Gasteiger charge is 2.14. The van der Waals surface area contributed by atoms with E-state index in [1.165, 1.54) is 11.1 Å². The maximum absolute atomic E-state index is 6.15. The highest BCUT2D eigenvalue weighted by Crippen LogP contribution is 2.25. The van der Waals surface area contributed by atoms with Gasteiger partial charge in [0.2, 0.25) is 0 Å². The van der Waals surface area contributed by atoms with E-state index in [0.717, 1.165) is 22.6 Å². The van der Waals surface area contributed by atoms with E-state index in [9.17, 15) is 0 Å². The van der Waals surface area contributed by atoms with Crippen LogP contribution in [-0.4, -0.2) is 24.7 Å². The number of nitrogens with one attached hydrogen (secondary N) is 2. The van der Waals surface area contributed by atoms with Gasteiger partial charge in [0, 0.05) is 12.3 Å². The first kappa shape index (κ1) is 23.3. The van der Waals surface area contributed by atoms with Crippen LogP contribution in [0.1, 0.15) is 28.1 Å². The first-order valence-corrected chi connectivity index (χ1v) is 11.6. The fourth-order valence-electron chi connectivity index (χ4n) is 3.62. The van der Waals surface area contributed by atoms with Crippen molar-refractivity contribution in [2.45, 2.75) is 33.9 Å². The number of halogens is 2. The van der Waals surface area contributed by atoms with Crippen LogP contribution in [0.2, 0.25) is 10.0 Å². The van der Waals surface area contributed by atoms with Crippen molar-refractivity contribution in [3.63, 3.8) is 0 Å². The van der Waals surface area contributed by atoms with Crippen LogP contribution in [0.5, 0.6) is 0 Å². The number of aromatic nitrogens is 4. The molecule has 0 aliphatic carbocycles. The molecule has 4 aromatic rings. The summed E-state index contributed by atoms with van der Waals surface area (Å²) < 4.78 is 3.79. The number of benzene rings is 2. The summed E-state index contributed by atoms with van der Waals surface area (Å²) in [5.41, 5.74) is 6.13. The molecule has 0 saturated heterocycles. The van der Waals surface area contributed by atoms with Crippen LogP contribution in [0.15, 0.2) is 54.7 Å². The normalized spacial score (nSPS) is 10.9. The molecule has 170 valence electrons. The number of aryl methyl sites for hydroxylation is 2. The van der Waals surface area contributed by atoms with Crippen LogP contribution in [0.4, 0.5) is 11.5 Å². The molecular formula is C24H24Cl2N6S. The van der Waals surface area contributed by atoms with E-state index in [4.69, 9.17) is 35.4 Å². The highest BCUT2D eigenvalue weighted by atomic mass is 35.5. The van der Waals surface area contributed by atoms with Crippen molar-refractivity contribution in [1.29, 1.82) is 0 Å². The number of rotatable bonds is 6. The van der Waals surface area contributed by atoms with E-state index < -0.39 is 0 Å². The van der Waals surface area contributed by atoms with Gasteiger partial charge < -0.3 is 10.6 Å². The van der Waals surface area contributed by atoms with E-state index >= 15 is 0 Å². The number of anilines is 2. The summed E-state index contributed by atoms with van der Waals surface area (Å²) in [5, 5.41) is 17.2. The van der Waals surface area contributed by atoms with E-state index in [1.807, 2.05) is 47.6 Å². The molecule has 9 heteroatoms. The molecular weight excluding hydrogens is 475 g/mol. The van der Waals surface area contributed by atoms with Crippen molar-refractivity contribution in [3.05, 3.63) is 92.9 Å². The van der Waals surface area contributed by atoms with Gasteiger partial charge in [-0.1, -0.05) is 59.1 Å². The summed E-state index contributed by atoms with van der Waals surface area (Å²) in [6.45, 7) is 7.30. The monoisotopic (exact) mass is 498 g/mol. The quantitative estimate of drug-likeness (QED) is 0.309. The third-order valence-corrected chi connectivity index (χ3v) is 6.19. The van der Waals surface area contributed by atoms with Crippen LogP contribution in [0.25, 0.3) is 0 Å². The van der Waals surface area contributed by atoms with Gasteiger partial charge >= 0.3 is 0 Å². The maximum atomic E-state index is 6.15. The Hall–Kier alpha value is -2.87. The summed E-state index contributed by atoms with van der Waals surface area (Å²) in [7, 11) is 0. The molecule has 2 aromatic heterocycles. The molecule has 4 rings (SSSR count). The Morgan fingerprint density at radius 2 is 1.70 bits per heavy atom. The summed E-state index contributed by atoms with van der Waals surface area (Å²) in [6.07, 6.45) is 1.93. The molecule has 0 amide bonds. The maximum Gasteiger partial charge on any atom is 0.176 e. The van der Waals surface area contributed by atoms with E-state index in [-0.39, 0.29) is 0 Å². The Bertz CT molecular complexity index is 1310. The Labute approximate surface area is 208 Å². The van der Waals surface area contributed by atoms with Crippen molar-refractivity contribution in [3.8, 4) is 0 Å². The first-order chi connectivity index (χ1) is 15.8. The molecule has 0 saturated carbocycles. The van der Waals surface area contributed by atoms with Gasteiger partial charge in [0.15, 0.2) is 10.9 Å². The number of thiocarbonyl (C=S) groups is 1. The number of nitrogens with zero attached hydrogens (tertiary/aromatic N) is 4. The van der Waals surface area contributed by atoms with E-state index in [2.05, 4.69) is 52.0 Å². The number of hydrogen-bond donors (Lipinski definition) is 2. The van der Waals surface area contributed by atoms with Gasteiger partial charge in [-0.15, -0.1) is 0 Å². The smallest absolute Gasteiger partial charge is 0.176 e. The molecule has 0 aliphatic rings. The largest absolute Gasteiger partial charge is 0.329 e. The zero-order chi connectivity index (χ0) is 23.5. The first-order valence-electron chi connectivity index (χ1n) is 10.4. The highest BCUT2D eigenvalue weighted by molar-refractivity contribution is 7.80. The zero-order valence-corrected chi connectivity index (χ0v) is 20.9. The van der Waals surface area contributed by atoms with E-state index in [0.29, 0.717) is 34.1 Å². The predicted octanol–water partition coefficient (Wildman–Crippen LogP) is 6.22. The van der Waals surface area contributed by atoms with Crippen molar-refractivity contribution >= 4 is 52.0 Å². The average Bonchev–Trinajstić information content (AvgIpc) is 3.30. The lowest BCUT2D eigenvalue weighted by atomic mass is 10.1. The van der Waals surface area contributed by atoms with Crippen molar-refractivity contribution in [2.75, 3.05) is 10.6 Å². The van der Waals surface area contributed by atoms with Gasteiger partial charge in [-0.3, -0.25) is 9.36 Å². The molecule has 2 N–H and O–H groups in total. The van der Waals surface area contributed by atoms with Crippen LogP contribution < -0.4 is 10.6 Å². The lowest BCUT2D eigenvalue weighted by Crippen LogP contribution is -2.20. The van der Waals surface area contributed by atoms with Crippen LogP contribution >= 0.6 is 35.4 Å². The van der Waals surface area contributed by atoms with Gasteiger partial charge in [0.25, 0.3) is 0 Å². The minimum absolute atomic E-state index is 0.455. The summed E-state index contributed by atoms with van der Waals surface area (Å²) >= 11 is 17.7. The zero-order valence-electron chi connectivity index (χ0n) is 18.6. The SMILES string of the molecule is Cc1cccc(Cn2ccc(NC(=S)Nc3c(C)nn(Cc4ccc(Cl)c(Cl)c4)c3C)n2)c1. The van der Waals surface area contributed by atoms with Crippen LogP contribution in [0, 0.1) is 20.8 Å². The standard InChI is InChI=1S/C24H24Cl2N6S/c1-15-5-4-6-18(11-15)13-31-10-9-22(30-31)27-24(33)28-23-16(2)29-32(17(23)3)14-19-7-8-20(25)21(26)12-19/h4-12H,13-14H2,1-3H3,(H2,27,28,30,33). The number of hydrogen-bond acceptors (Lipinski definition) is 3. The summed E-state index contributed by atoms with van der Waals surface area (Å²) in [5.74, 6) is 0.679. The molecule has 33 heavy (non-hydrogen) atoms. The van der Waals surface area contributed by atoms with Gasteiger partial charge in [-0.2, -0.15) is 10.2 Å². The predicted molar refractivity (Wildman–Crippen MR) is 140 cm³/mol. The molecule has 0 fully saturated rings. The van der Waals surface area contributed by atoms with Gasteiger partial charge in [-0.05, 0) is 56.2 Å². The second-order valence-corrected chi connectivity index (χ2v) is 9.14. The molecule has 0 unspecified atom stereocenters. The fraction of sp³-hybridized carbons (Fsp3) is 0.208. The van der Waals surface area contributed by atoms with Crippen molar-refractivity contribution in [2.24, 2.45) is 0 Å².